The van der Waals surface area contributed by atoms with Crippen LogP contribution >= 0.6 is 0 Å². The van der Waals surface area contributed by atoms with Gasteiger partial charge in [0.15, 0.2) is 5.65 Å². The molecule has 0 aliphatic rings. The van der Waals surface area contributed by atoms with Crippen LogP contribution in [0.5, 0.6) is 0 Å². The van der Waals surface area contributed by atoms with Gasteiger partial charge in [0.25, 0.3) is 0 Å². The van der Waals surface area contributed by atoms with Gasteiger partial charge in [-0.15, -0.1) is 0 Å². The lowest BCUT2D eigenvalue weighted by molar-refractivity contribution is -0.145. The Hall–Kier alpha value is -3.62. The third-order valence-electron chi connectivity index (χ3n) is 4.37. The van der Waals surface area contributed by atoms with Gasteiger partial charge in [0.1, 0.15) is 12.1 Å². The van der Waals surface area contributed by atoms with Crippen molar-refractivity contribution in [1.29, 1.82) is 0 Å². The van der Waals surface area contributed by atoms with E-state index in [2.05, 4.69) is 30.2 Å². The van der Waals surface area contributed by atoms with Gasteiger partial charge in [-0.25, -0.2) is 24.9 Å². The van der Waals surface area contributed by atoms with E-state index in [0.29, 0.717) is 22.4 Å². The van der Waals surface area contributed by atoms with Crippen molar-refractivity contribution in [3.63, 3.8) is 0 Å². The highest BCUT2D eigenvalue weighted by atomic mass is 19.4. The summed E-state index contributed by atoms with van der Waals surface area (Å²) >= 11 is 0. The summed E-state index contributed by atoms with van der Waals surface area (Å²) in [6, 6.07) is 11.3. The number of rotatable bonds is 4. The zero-order chi connectivity index (χ0) is 20.4. The summed E-state index contributed by atoms with van der Waals surface area (Å²) in [5, 5.41) is 3.89. The first-order chi connectivity index (χ1) is 13.9. The van der Waals surface area contributed by atoms with Crippen molar-refractivity contribution in [1.82, 2.24) is 24.9 Å². The van der Waals surface area contributed by atoms with Crippen LogP contribution in [0.4, 0.5) is 19.0 Å². The van der Waals surface area contributed by atoms with Crippen molar-refractivity contribution in [2.24, 2.45) is 0 Å². The summed E-state index contributed by atoms with van der Waals surface area (Å²) in [6.45, 7) is 1.79. The van der Waals surface area contributed by atoms with Gasteiger partial charge in [-0.05, 0) is 18.6 Å². The minimum absolute atomic E-state index is 0.379. The molecule has 1 N–H and O–H groups in total. The summed E-state index contributed by atoms with van der Waals surface area (Å²) in [5.74, 6) is -0.648. The number of nitrogens with one attached hydrogen (secondary N) is 1. The van der Waals surface area contributed by atoms with Crippen LogP contribution < -0.4 is 5.32 Å². The van der Waals surface area contributed by atoms with Crippen molar-refractivity contribution >= 4 is 16.9 Å². The number of alkyl halides is 3. The minimum Gasteiger partial charge on any atom is -0.363 e. The Morgan fingerprint density at radius 3 is 2.28 bits per heavy atom. The van der Waals surface area contributed by atoms with Crippen LogP contribution in [0.3, 0.4) is 0 Å². The Balaban J connectivity index is 1.65. The number of nitrogens with zero attached hydrogens (tertiary/aromatic N) is 5. The molecule has 0 saturated heterocycles. The first kappa shape index (κ1) is 18.7. The molecule has 1 aromatic carbocycles. The molecule has 0 spiro atoms. The highest BCUT2D eigenvalue weighted by Crippen LogP contribution is 2.29. The summed E-state index contributed by atoms with van der Waals surface area (Å²) in [6.07, 6.45) is 0.865. The van der Waals surface area contributed by atoms with Crippen LogP contribution in [-0.2, 0) is 6.18 Å². The number of pyridine rings is 1. The lowest BCUT2D eigenvalue weighted by atomic mass is 10.1. The summed E-state index contributed by atoms with van der Waals surface area (Å²) in [4.78, 5) is 19.7. The fraction of sp³-hybridized carbons (Fsp3) is 0.150. The van der Waals surface area contributed by atoms with E-state index in [1.807, 2.05) is 36.4 Å². The van der Waals surface area contributed by atoms with Gasteiger partial charge < -0.3 is 5.32 Å². The molecule has 0 aliphatic carbocycles. The quantitative estimate of drug-likeness (QED) is 0.540. The maximum Gasteiger partial charge on any atom is 0.451 e. The van der Waals surface area contributed by atoms with Crippen LogP contribution in [0.25, 0.3) is 22.2 Å². The second-order valence-corrected chi connectivity index (χ2v) is 6.39. The molecule has 3 aromatic heterocycles. The summed E-state index contributed by atoms with van der Waals surface area (Å²) in [5.41, 5.74) is 2.91. The predicted molar refractivity (Wildman–Crippen MR) is 102 cm³/mol. The zero-order valence-electron chi connectivity index (χ0n) is 15.2. The van der Waals surface area contributed by atoms with Crippen LogP contribution in [0.1, 0.15) is 24.4 Å². The second kappa shape index (κ2) is 7.42. The maximum atomic E-state index is 12.7. The van der Waals surface area contributed by atoms with Crippen molar-refractivity contribution in [2.45, 2.75) is 19.1 Å². The van der Waals surface area contributed by atoms with Gasteiger partial charge in [-0.2, -0.15) is 13.2 Å². The summed E-state index contributed by atoms with van der Waals surface area (Å²) < 4.78 is 38.0. The molecule has 4 rings (SSSR count). The van der Waals surface area contributed by atoms with Crippen molar-refractivity contribution < 1.29 is 13.2 Å². The number of halogens is 3. The van der Waals surface area contributed by atoms with E-state index in [4.69, 9.17) is 0 Å². The third-order valence-corrected chi connectivity index (χ3v) is 4.37. The van der Waals surface area contributed by atoms with E-state index in [0.717, 1.165) is 23.5 Å². The molecule has 3 heterocycles. The zero-order valence-corrected chi connectivity index (χ0v) is 15.2. The number of anilines is 1. The van der Waals surface area contributed by atoms with Gasteiger partial charge in [0, 0.05) is 29.7 Å². The molecule has 0 bridgehead atoms. The van der Waals surface area contributed by atoms with E-state index < -0.39 is 12.0 Å². The Morgan fingerprint density at radius 1 is 0.862 bits per heavy atom. The average molecular weight is 396 g/mol. The molecule has 0 amide bonds. The molecule has 0 fully saturated rings. The molecule has 0 aliphatic heterocycles. The monoisotopic (exact) mass is 396 g/mol. The number of aromatic nitrogens is 5. The Morgan fingerprint density at radius 2 is 1.59 bits per heavy atom. The van der Waals surface area contributed by atoms with Crippen molar-refractivity contribution in [3.8, 4) is 11.1 Å². The highest BCUT2D eigenvalue weighted by Gasteiger charge is 2.34. The molecule has 0 saturated carbocycles. The first-order valence-corrected chi connectivity index (χ1v) is 8.73. The smallest absolute Gasteiger partial charge is 0.363 e. The first-order valence-electron chi connectivity index (χ1n) is 8.73. The van der Waals surface area contributed by atoms with Crippen LogP contribution in [0, 0.1) is 0 Å². The summed E-state index contributed by atoms with van der Waals surface area (Å²) in [7, 11) is 0. The minimum atomic E-state index is -4.57. The van der Waals surface area contributed by atoms with Crippen LogP contribution in [0.15, 0.2) is 61.3 Å². The third kappa shape index (κ3) is 3.98. The second-order valence-electron chi connectivity index (χ2n) is 6.39. The molecular formula is C20H15F3N6. The number of fused-ring (bicyclic) bond motifs is 1. The van der Waals surface area contributed by atoms with E-state index in [1.165, 1.54) is 6.33 Å². The van der Waals surface area contributed by atoms with E-state index >= 15 is 0 Å². The molecule has 6 nitrogen and oxygen atoms in total. The van der Waals surface area contributed by atoms with E-state index in [1.54, 1.807) is 13.1 Å². The highest BCUT2D eigenvalue weighted by molar-refractivity contribution is 5.89. The van der Waals surface area contributed by atoms with E-state index in [9.17, 15) is 13.2 Å². The number of hydrogen-bond donors (Lipinski definition) is 1. The van der Waals surface area contributed by atoms with E-state index in [-0.39, 0.29) is 6.04 Å². The lowest BCUT2D eigenvalue weighted by Gasteiger charge is -2.16. The largest absolute Gasteiger partial charge is 0.451 e. The SMILES string of the molecule is CC(Nc1ncnc2ncc(-c3ccccc3)cc12)c1cnc(C(F)(F)F)nc1. The van der Waals surface area contributed by atoms with Gasteiger partial charge >= 0.3 is 6.18 Å². The topological polar surface area (TPSA) is 76.5 Å². The Kier molecular flexibility index (Phi) is 4.79. The normalized spacial score (nSPS) is 12.7. The standard InChI is InChI=1S/C20H15F3N6/c1-12(15-9-25-19(26-10-15)20(21,22)23)29-18-16-7-14(13-5-3-2-4-6-13)8-24-17(16)27-11-28-18/h2-12H,1H3,(H,24,27,28,29). The van der Waals surface area contributed by atoms with Gasteiger partial charge in [0.2, 0.25) is 5.82 Å². The molecule has 9 heteroatoms. The lowest BCUT2D eigenvalue weighted by Crippen LogP contribution is -2.14. The molecule has 1 atom stereocenters. The van der Waals surface area contributed by atoms with Crippen LogP contribution in [0.2, 0.25) is 0 Å². The fourth-order valence-electron chi connectivity index (χ4n) is 2.85. The van der Waals surface area contributed by atoms with Gasteiger partial charge in [-0.3, -0.25) is 0 Å². The molecular weight excluding hydrogens is 381 g/mol. The van der Waals surface area contributed by atoms with Crippen molar-refractivity contribution in [3.05, 3.63) is 72.7 Å². The van der Waals surface area contributed by atoms with Crippen molar-refractivity contribution in [2.75, 3.05) is 5.32 Å². The Labute approximate surface area is 163 Å². The van der Waals surface area contributed by atoms with Gasteiger partial charge in [-0.1, -0.05) is 30.3 Å². The number of hydrogen-bond acceptors (Lipinski definition) is 6. The molecule has 0 radical (unpaired) electrons. The van der Waals surface area contributed by atoms with Gasteiger partial charge in [0.05, 0.1) is 11.4 Å². The molecule has 29 heavy (non-hydrogen) atoms. The maximum absolute atomic E-state index is 12.7. The molecule has 146 valence electrons. The predicted octanol–water partition coefficient (Wildman–Crippen LogP) is 4.67. The molecule has 1 unspecified atom stereocenters. The molecule has 4 aromatic rings. The Bertz CT molecular complexity index is 1130. The van der Waals surface area contributed by atoms with Crippen LogP contribution in [-0.4, -0.2) is 24.9 Å². The fourth-order valence-corrected chi connectivity index (χ4v) is 2.85. The number of benzene rings is 1. The average Bonchev–Trinajstić information content (AvgIpc) is 2.74.